The molecule has 0 bridgehead atoms. The number of methoxy groups -OCH3 is 1. The lowest BCUT2D eigenvalue weighted by Gasteiger charge is -2.49. The molecule has 22 heteroatoms. The Morgan fingerprint density at radius 2 is 0.967 bits per heavy atom. The quantitative estimate of drug-likeness (QED) is 0.0315. The van der Waals surface area contributed by atoms with Gasteiger partial charge in [-0.25, -0.2) is 19.2 Å². The highest BCUT2D eigenvalue weighted by Crippen LogP contribution is 2.39. The molecular formula is C69H95NO21. The average molecular weight is 1270 g/mol. The molecule has 3 aromatic carbocycles. The summed E-state index contributed by atoms with van der Waals surface area (Å²) in [4.78, 5) is 122. The fourth-order valence-electron chi connectivity index (χ4n) is 11.2. The third-order valence-electron chi connectivity index (χ3n) is 15.6. The summed E-state index contributed by atoms with van der Waals surface area (Å²) in [5, 5.41) is 2.62. The number of hydrogen-bond acceptors (Lipinski definition) is 21. The molecule has 91 heavy (non-hydrogen) atoms. The average Bonchev–Trinajstić information content (AvgIpc) is 0.919. The smallest absolute Gasteiger partial charge is 0.366 e. The number of hydrogen-bond donors (Lipinski definition) is 1. The summed E-state index contributed by atoms with van der Waals surface area (Å²) in [6.07, 6.45) is 7.28. The van der Waals surface area contributed by atoms with Crippen LogP contribution in [0.15, 0.2) is 91.0 Å². The molecule has 5 rings (SSSR count). The highest BCUT2D eigenvalue weighted by Gasteiger charge is 2.61. The first kappa shape index (κ1) is 74.5. The van der Waals surface area contributed by atoms with Gasteiger partial charge >= 0.3 is 47.8 Å². The zero-order valence-electron chi connectivity index (χ0n) is 54.0. The minimum atomic E-state index is -2.79. The highest BCUT2D eigenvalue weighted by atomic mass is 16.8. The molecule has 502 valence electrons. The van der Waals surface area contributed by atoms with Gasteiger partial charge in [-0.05, 0) is 42.8 Å². The van der Waals surface area contributed by atoms with Gasteiger partial charge in [-0.2, -0.15) is 0 Å². The van der Waals surface area contributed by atoms with Gasteiger partial charge in [0.25, 0.3) is 5.79 Å². The molecule has 1 amide bonds. The zero-order valence-corrected chi connectivity index (χ0v) is 54.0. The minimum Gasteiger partial charge on any atom is -0.465 e. The fourth-order valence-corrected chi connectivity index (χ4v) is 11.2. The van der Waals surface area contributed by atoms with Crippen molar-refractivity contribution >= 4 is 53.7 Å². The lowest BCUT2D eigenvalue weighted by atomic mass is 9.87. The molecule has 0 radical (unpaired) electrons. The largest absolute Gasteiger partial charge is 0.465 e. The molecule has 0 unspecified atom stereocenters. The summed E-state index contributed by atoms with van der Waals surface area (Å²) < 4.78 is 72.7. The lowest BCUT2D eigenvalue weighted by Crippen LogP contribution is -2.70. The van der Waals surface area contributed by atoms with Crippen molar-refractivity contribution in [3.63, 3.8) is 0 Å². The second-order valence-corrected chi connectivity index (χ2v) is 23.1. The van der Waals surface area contributed by atoms with Crippen molar-refractivity contribution in [3.05, 3.63) is 108 Å². The third kappa shape index (κ3) is 25.7. The second-order valence-electron chi connectivity index (χ2n) is 23.1. The number of nitrogens with one attached hydrogen (secondary N) is 1. The number of carbonyl (C=O) groups excluding carboxylic acids is 9. The van der Waals surface area contributed by atoms with Gasteiger partial charge in [0, 0.05) is 41.2 Å². The van der Waals surface area contributed by atoms with Crippen LogP contribution in [0.25, 0.3) is 0 Å². The number of esters is 8. The Labute approximate surface area is 535 Å². The normalized spacial score (nSPS) is 21.8. The van der Waals surface area contributed by atoms with Crippen LogP contribution in [0, 0.1) is 0 Å². The summed E-state index contributed by atoms with van der Waals surface area (Å²) in [6, 6.07) is 22.1. The topological polar surface area (TPSA) is 276 Å². The zero-order chi connectivity index (χ0) is 66.0. The molecule has 1 N–H and O–H groups in total. The Balaban J connectivity index is 1.48. The minimum absolute atomic E-state index is 0.0320. The van der Waals surface area contributed by atoms with Crippen molar-refractivity contribution in [1.29, 1.82) is 0 Å². The van der Waals surface area contributed by atoms with Gasteiger partial charge in [-0.3, -0.25) is 24.0 Å². The first-order chi connectivity index (χ1) is 43.9. The fraction of sp³-hybridized carbons (Fsp3) is 0.609. The molecule has 22 nitrogen and oxygen atoms in total. The van der Waals surface area contributed by atoms with Crippen LogP contribution in [0.3, 0.4) is 0 Å². The van der Waals surface area contributed by atoms with Crippen LogP contribution in [0.2, 0.25) is 0 Å². The Kier molecular flexibility index (Phi) is 33.2. The Hall–Kier alpha value is -7.27. The summed E-state index contributed by atoms with van der Waals surface area (Å²) >= 11 is 0. The molecular weight excluding hydrogens is 1180 g/mol. The predicted molar refractivity (Wildman–Crippen MR) is 331 cm³/mol. The van der Waals surface area contributed by atoms with Crippen molar-refractivity contribution in [1.82, 2.24) is 5.32 Å². The van der Waals surface area contributed by atoms with E-state index in [1.165, 1.54) is 126 Å². The molecule has 2 heterocycles. The van der Waals surface area contributed by atoms with Crippen molar-refractivity contribution in [3.8, 4) is 0 Å². The number of amides is 1. The molecule has 3 aromatic rings. The van der Waals surface area contributed by atoms with E-state index in [2.05, 4.69) is 12.2 Å². The SMILES string of the molecule is CCCCCCCCCCCCCCCCCCCCCCO[C@@H]1O[C@H](CO[C@]2(C(=O)OC)C[C@H](OC(C)=O)[C@@H](NC(C)=O)[C@H]([C@@H](OC(C)=O)[C@H](COC(C)=O)OC(C)=O)O2)[C@@H](OC(=O)c2ccccc2)[C@H](OC(=O)c2ccccc2)[C@H]1OC(=O)c1ccccc1. The van der Waals surface area contributed by atoms with E-state index in [0.29, 0.717) is 6.42 Å². The van der Waals surface area contributed by atoms with Crippen LogP contribution in [-0.2, 0) is 85.6 Å². The van der Waals surface area contributed by atoms with Crippen molar-refractivity contribution in [2.75, 3.05) is 26.9 Å². The number of benzene rings is 3. The van der Waals surface area contributed by atoms with E-state index in [-0.39, 0.29) is 23.3 Å². The maximum absolute atomic E-state index is 14.6. The molecule has 2 aliphatic rings. The molecule has 0 spiro atoms. The van der Waals surface area contributed by atoms with Crippen LogP contribution >= 0.6 is 0 Å². The van der Waals surface area contributed by atoms with Crippen LogP contribution in [0.4, 0.5) is 0 Å². The van der Waals surface area contributed by atoms with E-state index in [4.69, 9.17) is 56.8 Å². The van der Waals surface area contributed by atoms with Crippen LogP contribution in [0.1, 0.15) is 207 Å². The van der Waals surface area contributed by atoms with Crippen molar-refractivity contribution in [2.45, 2.75) is 243 Å². The number of unbranched alkanes of at least 4 members (excludes halogenated alkanes) is 19. The predicted octanol–water partition coefficient (Wildman–Crippen LogP) is 10.8. The van der Waals surface area contributed by atoms with Gasteiger partial charge in [0.2, 0.25) is 5.91 Å². The van der Waals surface area contributed by atoms with E-state index in [1.807, 2.05) is 0 Å². The monoisotopic (exact) mass is 1270 g/mol. The summed E-state index contributed by atoms with van der Waals surface area (Å²) in [5.74, 6) is -11.3. The van der Waals surface area contributed by atoms with Gasteiger partial charge in [-0.1, -0.05) is 184 Å². The summed E-state index contributed by atoms with van der Waals surface area (Å²) in [5.41, 5.74) is 0.201. The van der Waals surface area contributed by atoms with E-state index >= 15 is 0 Å². The standard InChI is InChI=1S/C69H95NO21/c1-8-9-10-11-12-13-14-15-16-17-18-19-20-21-22-23-24-25-26-36-43-81-67-63(90-66(78)54-41-34-29-35-42-54)62(89-65(77)53-39-32-28-33-40-53)60(88-64(76)52-37-30-27-31-38-52)57(87-67)46-83-69(68(79)80-7)44-55(84-49(4)73)58(70-47(2)71)61(91-69)59(86-51(6)75)56(85-50(5)74)45-82-48(3)72/h27-35,37-42,55-63,67H,8-26,36,43-46H2,1-7H3,(H,70,71)/t55-,56-,57+,58+,59-,60+,61+,62-,63+,67+,69+/m0/s1. The van der Waals surface area contributed by atoms with Crippen LogP contribution < -0.4 is 5.32 Å². The van der Waals surface area contributed by atoms with E-state index in [0.717, 1.165) is 73.8 Å². The summed E-state index contributed by atoms with van der Waals surface area (Å²) in [7, 11) is 0.982. The molecule has 2 saturated heterocycles. The Morgan fingerprint density at radius 1 is 0.527 bits per heavy atom. The molecule has 0 saturated carbocycles. The van der Waals surface area contributed by atoms with Gasteiger partial charge < -0.3 is 62.2 Å². The third-order valence-corrected chi connectivity index (χ3v) is 15.6. The highest BCUT2D eigenvalue weighted by molar-refractivity contribution is 5.91. The first-order valence-corrected chi connectivity index (χ1v) is 32.2. The lowest BCUT2D eigenvalue weighted by molar-refractivity contribution is -0.338. The summed E-state index contributed by atoms with van der Waals surface area (Å²) in [6.45, 7) is 5.88. The first-order valence-electron chi connectivity index (χ1n) is 32.2. The van der Waals surface area contributed by atoms with Gasteiger partial charge in [0.1, 0.15) is 24.9 Å². The van der Waals surface area contributed by atoms with Gasteiger partial charge in [0.05, 0.1) is 42.9 Å². The van der Waals surface area contributed by atoms with Gasteiger partial charge in [-0.15, -0.1) is 0 Å². The molecule has 2 aliphatic heterocycles. The second kappa shape index (κ2) is 40.6. The Morgan fingerprint density at radius 3 is 1.38 bits per heavy atom. The van der Waals surface area contributed by atoms with E-state index < -0.39 is 140 Å². The maximum atomic E-state index is 14.6. The molecule has 2 fully saturated rings. The molecule has 0 aliphatic carbocycles. The Bertz CT molecular complexity index is 2710. The number of rotatable bonds is 40. The number of ether oxygens (including phenoxy) is 12. The van der Waals surface area contributed by atoms with E-state index in [1.54, 1.807) is 54.6 Å². The maximum Gasteiger partial charge on any atom is 0.366 e. The van der Waals surface area contributed by atoms with Crippen molar-refractivity contribution in [2.24, 2.45) is 0 Å². The van der Waals surface area contributed by atoms with Crippen LogP contribution in [-0.4, -0.2) is 148 Å². The number of carbonyl (C=O) groups is 9. The molecule has 0 aromatic heterocycles. The van der Waals surface area contributed by atoms with Crippen molar-refractivity contribution < 1.29 is 100.0 Å². The van der Waals surface area contributed by atoms with Gasteiger partial charge in [0.15, 0.2) is 36.8 Å². The van der Waals surface area contributed by atoms with E-state index in [9.17, 15) is 43.2 Å². The molecule has 11 atom stereocenters. The van der Waals surface area contributed by atoms with Crippen LogP contribution in [0.5, 0.6) is 0 Å².